The molecule has 10 heteroatoms. The molecule has 1 fully saturated rings. The predicted molar refractivity (Wildman–Crippen MR) is 149 cm³/mol. The maximum atomic E-state index is 6.16. The van der Waals surface area contributed by atoms with Crippen LogP contribution in [0.25, 0.3) is 11.0 Å². The SMILES string of the molecule is C=Nc1cc(Oc2ccc(Nc3ncnc4cnc(N5CCC(N)CC5)nc34)cc2C)ccc1N(C)C. The van der Waals surface area contributed by atoms with Gasteiger partial charge in [0.25, 0.3) is 0 Å². The van der Waals surface area contributed by atoms with E-state index in [0.717, 1.165) is 54.3 Å². The molecule has 3 heterocycles. The molecule has 3 N–H and O–H groups in total. The van der Waals surface area contributed by atoms with E-state index in [1.807, 2.05) is 62.3 Å². The third kappa shape index (κ3) is 5.29. The highest BCUT2D eigenvalue weighted by Crippen LogP contribution is 2.35. The number of ether oxygens (including phenoxy) is 1. The molecule has 4 aromatic rings. The largest absolute Gasteiger partial charge is 0.457 e. The van der Waals surface area contributed by atoms with Crippen molar-refractivity contribution >= 4 is 46.6 Å². The Morgan fingerprint density at radius 3 is 2.65 bits per heavy atom. The first-order valence-corrected chi connectivity index (χ1v) is 12.2. The summed E-state index contributed by atoms with van der Waals surface area (Å²) in [5.74, 6) is 2.74. The molecule has 37 heavy (non-hydrogen) atoms. The molecule has 190 valence electrons. The van der Waals surface area contributed by atoms with Crippen LogP contribution in [-0.4, -0.2) is 59.9 Å². The first-order chi connectivity index (χ1) is 17.9. The number of hydrogen-bond acceptors (Lipinski definition) is 10. The highest BCUT2D eigenvalue weighted by molar-refractivity contribution is 5.87. The van der Waals surface area contributed by atoms with Gasteiger partial charge in [0, 0.05) is 45.0 Å². The summed E-state index contributed by atoms with van der Waals surface area (Å²) in [5.41, 5.74) is 11.0. The topological polar surface area (TPSA) is 118 Å². The molecule has 10 nitrogen and oxygen atoms in total. The van der Waals surface area contributed by atoms with E-state index < -0.39 is 0 Å². The van der Waals surface area contributed by atoms with Gasteiger partial charge >= 0.3 is 0 Å². The summed E-state index contributed by atoms with van der Waals surface area (Å²) in [4.78, 5) is 26.4. The van der Waals surface area contributed by atoms with Crippen LogP contribution in [0, 0.1) is 6.92 Å². The van der Waals surface area contributed by atoms with Crippen LogP contribution in [0.1, 0.15) is 18.4 Å². The smallest absolute Gasteiger partial charge is 0.226 e. The van der Waals surface area contributed by atoms with Crippen molar-refractivity contribution in [2.75, 3.05) is 42.3 Å². The van der Waals surface area contributed by atoms with Crippen LogP contribution in [-0.2, 0) is 0 Å². The molecule has 0 spiro atoms. The van der Waals surface area contributed by atoms with Crippen molar-refractivity contribution in [1.82, 2.24) is 19.9 Å². The molecule has 1 aliphatic heterocycles. The van der Waals surface area contributed by atoms with Crippen molar-refractivity contribution in [1.29, 1.82) is 0 Å². The Morgan fingerprint density at radius 1 is 1.11 bits per heavy atom. The van der Waals surface area contributed by atoms with Crippen LogP contribution in [0.15, 0.2) is 53.9 Å². The maximum Gasteiger partial charge on any atom is 0.226 e. The number of nitrogens with one attached hydrogen (secondary N) is 1. The molecule has 0 bridgehead atoms. The fourth-order valence-electron chi connectivity index (χ4n) is 4.37. The highest BCUT2D eigenvalue weighted by Gasteiger charge is 2.19. The zero-order valence-electron chi connectivity index (χ0n) is 21.3. The average molecular weight is 498 g/mol. The molecule has 5 rings (SSSR count). The van der Waals surface area contributed by atoms with Gasteiger partial charge in [0.15, 0.2) is 5.82 Å². The van der Waals surface area contributed by atoms with Gasteiger partial charge in [-0.3, -0.25) is 4.99 Å². The van der Waals surface area contributed by atoms with Gasteiger partial charge in [-0.2, -0.15) is 0 Å². The van der Waals surface area contributed by atoms with Crippen LogP contribution < -0.4 is 25.6 Å². The number of anilines is 4. The number of aromatic nitrogens is 4. The van der Waals surface area contributed by atoms with Gasteiger partial charge in [-0.1, -0.05) is 0 Å². The molecule has 2 aromatic carbocycles. The quantitative estimate of drug-likeness (QED) is 0.353. The van der Waals surface area contributed by atoms with E-state index in [0.29, 0.717) is 28.5 Å². The van der Waals surface area contributed by atoms with Gasteiger partial charge in [0.05, 0.1) is 17.6 Å². The minimum atomic E-state index is 0.241. The van der Waals surface area contributed by atoms with Crippen LogP contribution in [0.3, 0.4) is 0 Å². The highest BCUT2D eigenvalue weighted by atomic mass is 16.5. The molecule has 0 unspecified atom stereocenters. The monoisotopic (exact) mass is 497 g/mol. The Morgan fingerprint density at radius 2 is 1.92 bits per heavy atom. The summed E-state index contributed by atoms with van der Waals surface area (Å²) in [6, 6.07) is 11.9. The zero-order valence-corrected chi connectivity index (χ0v) is 21.3. The summed E-state index contributed by atoms with van der Waals surface area (Å²) in [5, 5.41) is 3.39. The molecule has 0 amide bonds. The van der Waals surface area contributed by atoms with Gasteiger partial charge in [0.2, 0.25) is 5.95 Å². The average Bonchev–Trinajstić information content (AvgIpc) is 2.90. The van der Waals surface area contributed by atoms with Crippen LogP contribution in [0.4, 0.5) is 28.8 Å². The number of benzene rings is 2. The molecule has 0 aliphatic carbocycles. The van der Waals surface area contributed by atoms with E-state index in [1.165, 1.54) is 6.33 Å². The molecular formula is C27H31N9O. The first-order valence-electron chi connectivity index (χ1n) is 12.2. The van der Waals surface area contributed by atoms with Crippen LogP contribution in [0.2, 0.25) is 0 Å². The molecular weight excluding hydrogens is 466 g/mol. The second-order valence-corrected chi connectivity index (χ2v) is 9.36. The lowest BCUT2D eigenvalue weighted by Gasteiger charge is -2.30. The van der Waals surface area contributed by atoms with Crippen molar-refractivity contribution in [2.45, 2.75) is 25.8 Å². The molecule has 0 atom stereocenters. The second-order valence-electron chi connectivity index (χ2n) is 9.36. The fourth-order valence-corrected chi connectivity index (χ4v) is 4.37. The minimum Gasteiger partial charge on any atom is -0.457 e. The van der Waals surface area contributed by atoms with Crippen molar-refractivity contribution in [3.05, 3.63) is 54.5 Å². The van der Waals surface area contributed by atoms with E-state index in [4.69, 9.17) is 15.5 Å². The van der Waals surface area contributed by atoms with E-state index in [1.54, 1.807) is 6.20 Å². The number of fused-ring (bicyclic) bond motifs is 1. The number of hydrogen-bond donors (Lipinski definition) is 2. The standard InChI is InChI=1S/C27H31N9O/c1-17-13-19(5-8-24(17)37-20-6-7-23(35(3)4)21(14-20)29-2)33-26-25-22(31-16-32-26)15-30-27(34-25)36-11-9-18(28)10-12-36/h5-8,13-16,18H,2,9-12,28H2,1,3-4H3,(H,31,32,33). The number of nitrogens with zero attached hydrogens (tertiary/aromatic N) is 7. The molecule has 1 aliphatic rings. The second kappa shape index (κ2) is 10.4. The van der Waals surface area contributed by atoms with E-state index in [9.17, 15) is 0 Å². The van der Waals surface area contributed by atoms with Crippen molar-refractivity contribution in [3.8, 4) is 11.5 Å². The normalized spacial score (nSPS) is 14.0. The van der Waals surface area contributed by atoms with E-state index >= 15 is 0 Å². The number of nitrogens with two attached hydrogens (primary N) is 1. The molecule has 1 saturated heterocycles. The van der Waals surface area contributed by atoms with Crippen molar-refractivity contribution in [3.63, 3.8) is 0 Å². The van der Waals surface area contributed by atoms with Gasteiger partial charge in [-0.15, -0.1) is 0 Å². The third-order valence-electron chi connectivity index (χ3n) is 6.45. The van der Waals surface area contributed by atoms with Crippen LogP contribution in [0.5, 0.6) is 11.5 Å². The van der Waals surface area contributed by atoms with E-state index in [2.05, 4.69) is 36.9 Å². The number of aliphatic imine (C=N–C) groups is 1. The summed E-state index contributed by atoms with van der Waals surface area (Å²) < 4.78 is 6.16. The fraction of sp³-hybridized carbons (Fsp3) is 0.296. The summed E-state index contributed by atoms with van der Waals surface area (Å²) >= 11 is 0. The van der Waals surface area contributed by atoms with Gasteiger partial charge in [-0.25, -0.2) is 19.9 Å². The summed E-state index contributed by atoms with van der Waals surface area (Å²) in [6.45, 7) is 7.36. The van der Waals surface area contributed by atoms with Gasteiger partial charge in [-0.05, 0) is 62.4 Å². The third-order valence-corrected chi connectivity index (χ3v) is 6.45. The lowest BCUT2D eigenvalue weighted by Crippen LogP contribution is -2.40. The first kappa shape index (κ1) is 24.4. The number of rotatable bonds is 7. The van der Waals surface area contributed by atoms with Gasteiger partial charge < -0.3 is 25.6 Å². The van der Waals surface area contributed by atoms with Crippen molar-refractivity contribution < 1.29 is 4.74 Å². The Hall–Kier alpha value is -4.31. The van der Waals surface area contributed by atoms with E-state index in [-0.39, 0.29) is 6.04 Å². The molecule has 2 aromatic heterocycles. The Balaban J connectivity index is 1.37. The summed E-state index contributed by atoms with van der Waals surface area (Å²) in [7, 11) is 3.94. The zero-order chi connectivity index (χ0) is 25.9. The number of piperidine rings is 1. The Kier molecular flexibility index (Phi) is 6.82. The Labute approximate surface area is 216 Å². The van der Waals surface area contributed by atoms with Crippen LogP contribution >= 0.6 is 0 Å². The predicted octanol–water partition coefficient (Wildman–Crippen LogP) is 4.59. The summed E-state index contributed by atoms with van der Waals surface area (Å²) in [6.07, 6.45) is 5.11. The minimum absolute atomic E-state index is 0.241. The molecule has 0 saturated carbocycles. The Bertz CT molecular complexity index is 1430. The number of aryl methyl sites for hydroxylation is 1. The maximum absolute atomic E-state index is 6.16. The van der Waals surface area contributed by atoms with Crippen molar-refractivity contribution in [2.24, 2.45) is 10.7 Å². The van der Waals surface area contributed by atoms with Gasteiger partial charge in [0.1, 0.15) is 28.9 Å². The molecule has 0 radical (unpaired) electrons. The lowest BCUT2D eigenvalue weighted by atomic mass is 10.1. The lowest BCUT2D eigenvalue weighted by molar-refractivity contribution is 0.479.